The van der Waals surface area contributed by atoms with Gasteiger partial charge in [-0.05, 0) is 11.6 Å². The van der Waals surface area contributed by atoms with E-state index in [0.29, 0.717) is 11.4 Å². The van der Waals surface area contributed by atoms with Gasteiger partial charge in [-0.25, -0.2) is 4.39 Å². The maximum absolute atomic E-state index is 13.5. The average molecular weight is 227 g/mol. The summed E-state index contributed by atoms with van der Waals surface area (Å²) in [5.41, 5.74) is 0.434. The molecule has 0 aliphatic carbocycles. The minimum Gasteiger partial charge on any atom is -0.313 e. The summed E-state index contributed by atoms with van der Waals surface area (Å²) < 4.78 is 13.5. The number of amidine groups is 1. The number of rotatable bonds is 2. The third-order valence-electron chi connectivity index (χ3n) is 2.09. The normalized spacial score (nSPS) is 15.1. The van der Waals surface area contributed by atoms with Gasteiger partial charge in [0.25, 0.3) is 0 Å². The predicted molar refractivity (Wildman–Crippen MR) is 55.6 cm³/mol. The molecule has 1 N–H and O–H groups in total. The fraction of sp³-hybridized carbons (Fsp3) is 0.200. The molecule has 15 heavy (non-hydrogen) atoms. The van der Waals surface area contributed by atoms with Gasteiger partial charge in [0.2, 0.25) is 5.91 Å². The topological polar surface area (TPSA) is 41.5 Å². The molecule has 0 radical (unpaired) electrons. The van der Waals surface area contributed by atoms with Gasteiger partial charge in [-0.1, -0.05) is 23.7 Å². The van der Waals surface area contributed by atoms with Crippen LogP contribution in [0.4, 0.5) is 4.39 Å². The van der Waals surface area contributed by atoms with Crippen molar-refractivity contribution in [1.29, 1.82) is 0 Å². The van der Waals surface area contributed by atoms with Crippen molar-refractivity contribution >= 4 is 23.3 Å². The van der Waals surface area contributed by atoms with E-state index >= 15 is 0 Å². The highest BCUT2D eigenvalue weighted by Gasteiger charge is 2.15. The molecule has 78 valence electrons. The summed E-state index contributed by atoms with van der Waals surface area (Å²) in [5.74, 6) is -0.128. The van der Waals surface area contributed by atoms with Crippen LogP contribution < -0.4 is 5.32 Å². The van der Waals surface area contributed by atoms with Crippen molar-refractivity contribution in [3.8, 4) is 0 Å². The van der Waals surface area contributed by atoms with E-state index in [1.54, 1.807) is 12.1 Å². The van der Waals surface area contributed by atoms with E-state index in [4.69, 9.17) is 11.6 Å². The van der Waals surface area contributed by atoms with E-state index < -0.39 is 5.82 Å². The molecule has 1 amide bonds. The Balaban J connectivity index is 2.18. The zero-order valence-electron chi connectivity index (χ0n) is 7.76. The monoisotopic (exact) mass is 226 g/mol. The summed E-state index contributed by atoms with van der Waals surface area (Å²) in [6.07, 6.45) is 0.262. The zero-order valence-corrected chi connectivity index (χ0v) is 8.51. The molecule has 0 atom stereocenters. The number of amides is 1. The second-order valence-corrected chi connectivity index (χ2v) is 3.61. The minimum absolute atomic E-state index is 0.0809. The van der Waals surface area contributed by atoms with E-state index in [2.05, 4.69) is 10.3 Å². The van der Waals surface area contributed by atoms with Crippen molar-refractivity contribution in [1.82, 2.24) is 5.32 Å². The van der Waals surface area contributed by atoms with Crippen LogP contribution >= 0.6 is 11.6 Å². The Morgan fingerprint density at radius 2 is 2.33 bits per heavy atom. The molecule has 2 rings (SSSR count). The van der Waals surface area contributed by atoms with Crippen molar-refractivity contribution in [3.05, 3.63) is 34.6 Å². The molecular weight excluding hydrogens is 219 g/mol. The Morgan fingerprint density at radius 1 is 1.53 bits per heavy atom. The van der Waals surface area contributed by atoms with E-state index in [0.717, 1.165) is 0 Å². The smallest absolute Gasteiger partial charge is 0.247 e. The standard InChI is InChI=1S/C10H8ClFN2O/c11-7-3-1-2-6(10(7)12)4-8-13-5-9(15)14-8/h1-3H,4-5H2,(H,13,14,15). The van der Waals surface area contributed by atoms with Gasteiger partial charge in [-0.3, -0.25) is 9.79 Å². The molecule has 0 fully saturated rings. The largest absolute Gasteiger partial charge is 0.313 e. The highest BCUT2D eigenvalue weighted by molar-refractivity contribution is 6.30. The van der Waals surface area contributed by atoms with Gasteiger partial charge in [0.1, 0.15) is 18.2 Å². The third kappa shape index (κ3) is 2.15. The summed E-state index contributed by atoms with van der Waals surface area (Å²) in [4.78, 5) is 14.8. The van der Waals surface area contributed by atoms with Gasteiger partial charge in [0, 0.05) is 6.42 Å². The fourth-order valence-corrected chi connectivity index (χ4v) is 1.57. The molecule has 0 saturated carbocycles. The number of hydrogen-bond acceptors (Lipinski definition) is 2. The number of halogens is 2. The number of carbonyl (C=O) groups is 1. The molecule has 1 aliphatic heterocycles. The number of nitrogens with zero attached hydrogens (tertiary/aromatic N) is 1. The lowest BCUT2D eigenvalue weighted by molar-refractivity contribution is -0.117. The lowest BCUT2D eigenvalue weighted by atomic mass is 10.1. The molecule has 3 nitrogen and oxygen atoms in total. The first kappa shape index (κ1) is 10.1. The van der Waals surface area contributed by atoms with E-state index in [1.807, 2.05) is 0 Å². The first-order valence-electron chi connectivity index (χ1n) is 4.43. The van der Waals surface area contributed by atoms with Crippen molar-refractivity contribution in [2.75, 3.05) is 6.54 Å². The molecule has 0 unspecified atom stereocenters. The van der Waals surface area contributed by atoms with Gasteiger partial charge >= 0.3 is 0 Å². The third-order valence-corrected chi connectivity index (χ3v) is 2.38. The minimum atomic E-state index is -0.456. The van der Waals surface area contributed by atoms with Crippen LogP contribution in [0.2, 0.25) is 5.02 Å². The molecule has 0 saturated heterocycles. The predicted octanol–water partition coefficient (Wildman–Crippen LogP) is 1.55. The molecule has 5 heteroatoms. The average Bonchev–Trinajstić information content (AvgIpc) is 2.59. The van der Waals surface area contributed by atoms with Crippen LogP contribution in [-0.2, 0) is 11.2 Å². The summed E-state index contributed by atoms with van der Waals surface area (Å²) in [6.45, 7) is 0.123. The van der Waals surface area contributed by atoms with Crippen LogP contribution in [0.25, 0.3) is 0 Å². The van der Waals surface area contributed by atoms with E-state index in [-0.39, 0.29) is 23.9 Å². The zero-order chi connectivity index (χ0) is 10.8. The Hall–Kier alpha value is -1.42. The maximum Gasteiger partial charge on any atom is 0.247 e. The van der Waals surface area contributed by atoms with Gasteiger partial charge in [0.05, 0.1) is 5.02 Å². The van der Waals surface area contributed by atoms with E-state index in [1.165, 1.54) is 6.07 Å². The molecule has 1 heterocycles. The summed E-state index contributed by atoms with van der Waals surface area (Å²) in [6, 6.07) is 4.77. The Morgan fingerprint density at radius 3 is 3.00 bits per heavy atom. The fourth-order valence-electron chi connectivity index (χ4n) is 1.37. The molecule has 1 aliphatic rings. The summed E-state index contributed by atoms with van der Waals surface area (Å²) in [7, 11) is 0. The number of carbonyl (C=O) groups excluding carboxylic acids is 1. The first-order chi connectivity index (χ1) is 7.16. The van der Waals surface area contributed by atoms with Crippen molar-refractivity contribution in [2.45, 2.75) is 6.42 Å². The number of hydrogen-bond donors (Lipinski definition) is 1. The number of nitrogens with one attached hydrogen (secondary N) is 1. The van der Waals surface area contributed by atoms with Crippen LogP contribution in [-0.4, -0.2) is 18.3 Å². The Kier molecular flexibility index (Phi) is 2.68. The molecular formula is C10H8ClFN2O. The Labute approximate surface area is 91.0 Å². The SMILES string of the molecule is O=C1CN=C(Cc2cccc(Cl)c2F)N1. The van der Waals surface area contributed by atoms with Crippen LogP contribution in [0.1, 0.15) is 5.56 Å². The van der Waals surface area contributed by atoms with Gasteiger partial charge in [-0.2, -0.15) is 0 Å². The molecule has 1 aromatic carbocycles. The van der Waals surface area contributed by atoms with E-state index in [9.17, 15) is 9.18 Å². The second-order valence-electron chi connectivity index (χ2n) is 3.20. The van der Waals surface area contributed by atoms with Crippen LogP contribution in [0.3, 0.4) is 0 Å². The van der Waals surface area contributed by atoms with Crippen LogP contribution in [0, 0.1) is 5.82 Å². The molecule has 0 bridgehead atoms. The van der Waals surface area contributed by atoms with Crippen molar-refractivity contribution < 1.29 is 9.18 Å². The summed E-state index contributed by atoms with van der Waals surface area (Å²) >= 11 is 5.63. The van der Waals surface area contributed by atoms with Crippen molar-refractivity contribution in [3.63, 3.8) is 0 Å². The van der Waals surface area contributed by atoms with Crippen molar-refractivity contribution in [2.24, 2.45) is 4.99 Å². The molecule has 1 aromatic rings. The van der Waals surface area contributed by atoms with Gasteiger partial charge in [0.15, 0.2) is 0 Å². The maximum atomic E-state index is 13.5. The van der Waals surface area contributed by atoms with Crippen LogP contribution in [0.15, 0.2) is 23.2 Å². The molecule has 0 aromatic heterocycles. The number of benzene rings is 1. The Bertz CT molecular complexity index is 445. The number of aliphatic imine (C=N–C) groups is 1. The highest BCUT2D eigenvalue weighted by Crippen LogP contribution is 2.18. The molecule has 0 spiro atoms. The van der Waals surface area contributed by atoms with Gasteiger partial charge < -0.3 is 5.32 Å². The first-order valence-corrected chi connectivity index (χ1v) is 4.80. The lowest BCUT2D eigenvalue weighted by Gasteiger charge is -2.04. The second kappa shape index (κ2) is 3.98. The van der Waals surface area contributed by atoms with Gasteiger partial charge in [-0.15, -0.1) is 0 Å². The lowest BCUT2D eigenvalue weighted by Crippen LogP contribution is -2.26. The summed E-state index contributed by atoms with van der Waals surface area (Å²) in [5, 5.41) is 2.63. The van der Waals surface area contributed by atoms with Crippen LogP contribution in [0.5, 0.6) is 0 Å². The quantitative estimate of drug-likeness (QED) is 0.817. The highest BCUT2D eigenvalue weighted by atomic mass is 35.5.